The number of hydrogen-bond acceptors (Lipinski definition) is 5. The summed E-state index contributed by atoms with van der Waals surface area (Å²) in [4.78, 5) is 23.3. The van der Waals surface area contributed by atoms with E-state index in [4.69, 9.17) is 10.5 Å². The number of esters is 1. The number of anilines is 1. The van der Waals surface area contributed by atoms with Gasteiger partial charge in [0, 0.05) is 20.0 Å². The fraction of sp³-hybridized carbons (Fsp3) is 0.545. The number of amides is 1. The second-order valence-corrected chi connectivity index (χ2v) is 3.74. The maximum atomic E-state index is 11.8. The number of nitrogens with one attached hydrogen (secondary N) is 1. The Morgan fingerprint density at radius 2 is 2.17 bits per heavy atom. The van der Waals surface area contributed by atoms with E-state index < -0.39 is 5.97 Å². The van der Waals surface area contributed by atoms with Crippen molar-refractivity contribution in [2.24, 2.45) is 12.8 Å². The van der Waals surface area contributed by atoms with Crippen LogP contribution in [0.5, 0.6) is 0 Å². The van der Waals surface area contributed by atoms with E-state index in [-0.39, 0.29) is 31.0 Å². The summed E-state index contributed by atoms with van der Waals surface area (Å²) in [5.41, 5.74) is 6.09. The molecule has 0 aliphatic rings. The van der Waals surface area contributed by atoms with Gasteiger partial charge in [0.15, 0.2) is 0 Å². The highest BCUT2D eigenvalue weighted by Gasteiger charge is 2.22. The zero-order chi connectivity index (χ0) is 13.7. The third-order valence-corrected chi connectivity index (χ3v) is 2.33. The van der Waals surface area contributed by atoms with Crippen molar-refractivity contribution in [2.45, 2.75) is 20.3 Å². The summed E-state index contributed by atoms with van der Waals surface area (Å²) in [5.74, 6) is -0.415. The summed E-state index contributed by atoms with van der Waals surface area (Å²) < 4.78 is 6.38. The van der Waals surface area contributed by atoms with Crippen LogP contribution >= 0.6 is 0 Å². The highest BCUT2D eigenvalue weighted by Crippen LogP contribution is 2.20. The van der Waals surface area contributed by atoms with Crippen LogP contribution in [0.1, 0.15) is 29.4 Å². The Morgan fingerprint density at radius 3 is 2.72 bits per heavy atom. The topological polar surface area (TPSA) is 99.2 Å². The fourth-order valence-electron chi connectivity index (χ4n) is 1.57. The molecular weight excluding hydrogens is 236 g/mol. The molecule has 0 saturated carbocycles. The molecule has 0 spiro atoms. The van der Waals surface area contributed by atoms with E-state index >= 15 is 0 Å². The van der Waals surface area contributed by atoms with Gasteiger partial charge < -0.3 is 15.8 Å². The summed E-state index contributed by atoms with van der Waals surface area (Å²) in [6.07, 6.45) is 0.187. The van der Waals surface area contributed by atoms with Crippen molar-refractivity contribution in [1.29, 1.82) is 0 Å². The third-order valence-electron chi connectivity index (χ3n) is 2.33. The van der Waals surface area contributed by atoms with Gasteiger partial charge in [-0.1, -0.05) is 0 Å². The van der Waals surface area contributed by atoms with E-state index in [0.29, 0.717) is 11.5 Å². The third kappa shape index (κ3) is 3.07. The number of carbonyl (C=O) groups is 2. The van der Waals surface area contributed by atoms with Gasteiger partial charge in [0.2, 0.25) is 5.91 Å². The van der Waals surface area contributed by atoms with Gasteiger partial charge in [-0.05, 0) is 13.8 Å². The molecule has 3 N–H and O–H groups in total. The second kappa shape index (κ2) is 6.15. The molecule has 0 bridgehead atoms. The Hall–Kier alpha value is -1.89. The number of hydrogen-bond donors (Lipinski definition) is 2. The van der Waals surface area contributed by atoms with Crippen LogP contribution in [-0.4, -0.2) is 34.8 Å². The minimum absolute atomic E-state index is 0.187. The minimum Gasteiger partial charge on any atom is -0.462 e. The molecule has 0 aliphatic carbocycles. The van der Waals surface area contributed by atoms with Crippen LogP contribution in [0, 0.1) is 6.92 Å². The molecule has 100 valence electrons. The van der Waals surface area contributed by atoms with Crippen molar-refractivity contribution in [1.82, 2.24) is 9.78 Å². The lowest BCUT2D eigenvalue weighted by Crippen LogP contribution is -2.20. The molecule has 0 fully saturated rings. The number of rotatable bonds is 5. The first-order valence-electron chi connectivity index (χ1n) is 5.71. The Labute approximate surface area is 105 Å². The Bertz CT molecular complexity index is 453. The lowest BCUT2D eigenvalue weighted by Gasteiger charge is -2.07. The molecular formula is C11H18N4O3. The molecule has 7 heteroatoms. The number of nitrogens with zero attached hydrogens (tertiary/aromatic N) is 2. The van der Waals surface area contributed by atoms with Crippen LogP contribution in [0.25, 0.3) is 0 Å². The molecule has 0 atom stereocenters. The molecule has 0 saturated heterocycles. The maximum absolute atomic E-state index is 11.8. The van der Waals surface area contributed by atoms with Gasteiger partial charge in [-0.15, -0.1) is 0 Å². The quantitative estimate of drug-likeness (QED) is 0.731. The van der Waals surface area contributed by atoms with E-state index in [9.17, 15) is 9.59 Å². The number of aryl methyl sites for hydroxylation is 2. The molecule has 1 heterocycles. The highest BCUT2D eigenvalue weighted by molar-refractivity contribution is 6.01. The molecule has 7 nitrogen and oxygen atoms in total. The zero-order valence-electron chi connectivity index (χ0n) is 10.8. The second-order valence-electron chi connectivity index (χ2n) is 3.74. The molecule has 0 aromatic carbocycles. The molecule has 0 aliphatic heterocycles. The number of ether oxygens (including phenoxy) is 1. The smallest absolute Gasteiger partial charge is 0.343 e. The van der Waals surface area contributed by atoms with Crippen molar-refractivity contribution in [3.8, 4) is 0 Å². The molecule has 1 amide bonds. The van der Waals surface area contributed by atoms with Crippen LogP contribution < -0.4 is 11.1 Å². The lowest BCUT2D eigenvalue weighted by atomic mass is 10.2. The van der Waals surface area contributed by atoms with Crippen molar-refractivity contribution >= 4 is 17.7 Å². The van der Waals surface area contributed by atoms with Crippen molar-refractivity contribution in [2.75, 3.05) is 18.5 Å². The summed E-state index contributed by atoms with van der Waals surface area (Å²) in [5, 5.41) is 6.72. The van der Waals surface area contributed by atoms with Crippen LogP contribution in [0.4, 0.5) is 5.82 Å². The predicted molar refractivity (Wildman–Crippen MR) is 66.2 cm³/mol. The van der Waals surface area contributed by atoms with Gasteiger partial charge in [0.1, 0.15) is 11.4 Å². The first kappa shape index (κ1) is 14.2. The average molecular weight is 254 g/mol. The van der Waals surface area contributed by atoms with Crippen LogP contribution in [0.15, 0.2) is 0 Å². The standard InChI is InChI=1S/C11H18N4O3/c1-4-18-11(17)9-7(2)14-15(3)10(9)13-8(16)5-6-12/h4-6,12H2,1-3H3,(H,13,16). The van der Waals surface area contributed by atoms with E-state index in [1.165, 1.54) is 4.68 Å². The van der Waals surface area contributed by atoms with Crippen molar-refractivity contribution < 1.29 is 14.3 Å². The largest absolute Gasteiger partial charge is 0.462 e. The van der Waals surface area contributed by atoms with Crippen molar-refractivity contribution in [3.63, 3.8) is 0 Å². The summed E-state index contributed by atoms with van der Waals surface area (Å²) >= 11 is 0. The van der Waals surface area contributed by atoms with Crippen LogP contribution in [0.2, 0.25) is 0 Å². The molecule has 1 aromatic rings. The Morgan fingerprint density at radius 1 is 1.50 bits per heavy atom. The van der Waals surface area contributed by atoms with Gasteiger partial charge in [0.25, 0.3) is 0 Å². The Balaban J connectivity index is 3.02. The van der Waals surface area contributed by atoms with Gasteiger partial charge in [0.05, 0.1) is 12.3 Å². The van der Waals surface area contributed by atoms with Crippen molar-refractivity contribution in [3.05, 3.63) is 11.3 Å². The fourth-order valence-corrected chi connectivity index (χ4v) is 1.57. The molecule has 18 heavy (non-hydrogen) atoms. The summed E-state index contributed by atoms with van der Waals surface area (Å²) in [6.45, 7) is 3.92. The highest BCUT2D eigenvalue weighted by atomic mass is 16.5. The Kier molecular flexibility index (Phi) is 4.85. The number of carbonyl (C=O) groups excluding carboxylic acids is 2. The first-order valence-corrected chi connectivity index (χ1v) is 5.71. The maximum Gasteiger partial charge on any atom is 0.343 e. The van der Waals surface area contributed by atoms with Crippen LogP contribution in [-0.2, 0) is 16.6 Å². The van der Waals surface area contributed by atoms with Gasteiger partial charge in [-0.3, -0.25) is 9.48 Å². The van der Waals surface area contributed by atoms with Gasteiger partial charge in [-0.25, -0.2) is 4.79 Å². The SMILES string of the molecule is CCOC(=O)c1c(C)nn(C)c1NC(=O)CCN. The monoisotopic (exact) mass is 254 g/mol. The number of aromatic nitrogens is 2. The summed E-state index contributed by atoms with van der Waals surface area (Å²) in [6, 6.07) is 0. The predicted octanol–water partition coefficient (Wildman–Crippen LogP) is 0.193. The van der Waals surface area contributed by atoms with Crippen LogP contribution in [0.3, 0.4) is 0 Å². The summed E-state index contributed by atoms with van der Waals surface area (Å²) in [7, 11) is 1.65. The minimum atomic E-state index is -0.494. The average Bonchev–Trinajstić information content (AvgIpc) is 2.54. The van der Waals surface area contributed by atoms with E-state index in [1.54, 1.807) is 20.9 Å². The van der Waals surface area contributed by atoms with E-state index in [0.717, 1.165) is 0 Å². The normalized spacial score (nSPS) is 10.2. The lowest BCUT2D eigenvalue weighted by molar-refractivity contribution is -0.116. The van der Waals surface area contributed by atoms with Gasteiger partial charge in [-0.2, -0.15) is 5.10 Å². The van der Waals surface area contributed by atoms with E-state index in [2.05, 4.69) is 10.4 Å². The van der Waals surface area contributed by atoms with E-state index in [1.807, 2.05) is 0 Å². The molecule has 1 aromatic heterocycles. The zero-order valence-corrected chi connectivity index (χ0v) is 10.8. The first-order chi connectivity index (χ1) is 8.51. The van der Waals surface area contributed by atoms with Gasteiger partial charge >= 0.3 is 5.97 Å². The molecule has 0 radical (unpaired) electrons. The molecule has 1 rings (SSSR count). The molecule has 0 unspecified atom stereocenters. The number of nitrogens with two attached hydrogens (primary N) is 1.